The zero-order chi connectivity index (χ0) is 16.7. The first kappa shape index (κ1) is 15.6. The smallest absolute Gasteiger partial charge is 0.0584 e. The average Bonchev–Trinajstić information content (AvgIpc) is 2.94. The summed E-state index contributed by atoms with van der Waals surface area (Å²) >= 11 is 6.11. The van der Waals surface area contributed by atoms with Gasteiger partial charge in [0.1, 0.15) is 0 Å². The summed E-state index contributed by atoms with van der Waals surface area (Å²) < 4.78 is 0. The SMILES string of the molecule is CC(C)c1ccc(NN2CC3=C(C2)Nc2cc(Cl)ccc2C3)cc1. The Kier molecular flexibility index (Phi) is 3.99. The summed E-state index contributed by atoms with van der Waals surface area (Å²) in [5, 5.41) is 6.59. The maximum absolute atomic E-state index is 6.11. The lowest BCUT2D eigenvalue weighted by Gasteiger charge is -2.20. The normalized spacial score (nSPS) is 16.8. The fourth-order valence-corrected chi connectivity index (χ4v) is 3.56. The number of hydrazine groups is 1. The highest BCUT2D eigenvalue weighted by atomic mass is 35.5. The van der Waals surface area contributed by atoms with Crippen LogP contribution in [0.4, 0.5) is 11.4 Å². The van der Waals surface area contributed by atoms with Crippen molar-refractivity contribution in [2.45, 2.75) is 26.2 Å². The van der Waals surface area contributed by atoms with E-state index < -0.39 is 0 Å². The summed E-state index contributed by atoms with van der Waals surface area (Å²) in [5.41, 5.74) is 11.3. The predicted octanol–water partition coefficient (Wildman–Crippen LogP) is 5.03. The van der Waals surface area contributed by atoms with E-state index in [2.05, 4.69) is 59.9 Å². The maximum Gasteiger partial charge on any atom is 0.0584 e. The van der Waals surface area contributed by atoms with E-state index in [9.17, 15) is 0 Å². The van der Waals surface area contributed by atoms with Crippen molar-refractivity contribution in [3.63, 3.8) is 0 Å². The summed E-state index contributed by atoms with van der Waals surface area (Å²) in [5.74, 6) is 0.564. The Morgan fingerprint density at radius 2 is 1.88 bits per heavy atom. The minimum atomic E-state index is 0.564. The van der Waals surface area contributed by atoms with Crippen molar-refractivity contribution in [1.29, 1.82) is 0 Å². The molecule has 0 aliphatic carbocycles. The summed E-state index contributed by atoms with van der Waals surface area (Å²) in [6, 6.07) is 14.8. The molecule has 0 bridgehead atoms. The van der Waals surface area contributed by atoms with E-state index in [1.54, 1.807) is 0 Å². The van der Waals surface area contributed by atoms with E-state index >= 15 is 0 Å². The Hall–Kier alpha value is -1.97. The van der Waals surface area contributed by atoms with Gasteiger partial charge in [-0.25, -0.2) is 5.01 Å². The van der Waals surface area contributed by atoms with Crippen molar-refractivity contribution in [1.82, 2.24) is 5.01 Å². The lowest BCUT2D eigenvalue weighted by atomic mass is 9.99. The molecule has 0 unspecified atom stereocenters. The average molecular weight is 340 g/mol. The van der Waals surface area contributed by atoms with Crippen molar-refractivity contribution >= 4 is 23.0 Å². The number of hydrogen-bond acceptors (Lipinski definition) is 3. The number of rotatable bonds is 3. The molecule has 0 fully saturated rings. The van der Waals surface area contributed by atoms with Crippen LogP contribution in [-0.4, -0.2) is 18.1 Å². The van der Waals surface area contributed by atoms with E-state index in [0.29, 0.717) is 5.92 Å². The fraction of sp³-hybridized carbons (Fsp3) is 0.300. The van der Waals surface area contributed by atoms with E-state index in [1.807, 2.05) is 12.1 Å². The number of fused-ring (bicyclic) bond motifs is 1. The van der Waals surface area contributed by atoms with E-state index in [1.165, 1.54) is 22.4 Å². The molecule has 0 radical (unpaired) electrons. The van der Waals surface area contributed by atoms with E-state index in [4.69, 9.17) is 11.6 Å². The molecule has 0 aromatic heterocycles. The molecule has 24 heavy (non-hydrogen) atoms. The highest BCUT2D eigenvalue weighted by Gasteiger charge is 2.26. The third-order valence-electron chi connectivity index (χ3n) is 4.78. The minimum absolute atomic E-state index is 0.564. The molecule has 0 saturated heterocycles. The van der Waals surface area contributed by atoms with Crippen LogP contribution in [0.2, 0.25) is 5.02 Å². The Balaban J connectivity index is 1.43. The standard InChI is InChI=1S/C20H22ClN3/c1-13(2)14-4-7-18(8-5-14)23-24-11-16-9-15-3-6-17(21)10-19(15)22-20(16)12-24/h3-8,10,13,22-23H,9,11-12H2,1-2H3. The van der Waals surface area contributed by atoms with Crippen LogP contribution in [0.3, 0.4) is 0 Å². The van der Waals surface area contributed by atoms with Gasteiger partial charge < -0.3 is 10.7 Å². The summed E-state index contributed by atoms with van der Waals surface area (Å²) in [6.07, 6.45) is 0.999. The Bertz CT molecular complexity index is 793. The topological polar surface area (TPSA) is 27.3 Å². The van der Waals surface area contributed by atoms with Gasteiger partial charge in [0.15, 0.2) is 0 Å². The number of nitrogens with one attached hydrogen (secondary N) is 2. The Labute approximate surface area is 148 Å². The second-order valence-corrected chi connectivity index (χ2v) is 7.37. The second-order valence-electron chi connectivity index (χ2n) is 6.93. The summed E-state index contributed by atoms with van der Waals surface area (Å²) in [6.45, 7) is 6.26. The van der Waals surface area contributed by atoms with Crippen LogP contribution >= 0.6 is 11.6 Å². The molecule has 4 heteroatoms. The van der Waals surface area contributed by atoms with E-state index in [-0.39, 0.29) is 0 Å². The number of nitrogens with zero attached hydrogens (tertiary/aromatic N) is 1. The van der Waals surface area contributed by atoms with Crippen LogP contribution in [0.15, 0.2) is 53.7 Å². The first-order chi connectivity index (χ1) is 11.6. The van der Waals surface area contributed by atoms with Gasteiger partial charge in [0.25, 0.3) is 0 Å². The third-order valence-corrected chi connectivity index (χ3v) is 5.02. The molecule has 4 rings (SSSR count). The van der Waals surface area contributed by atoms with Crippen LogP contribution in [0.1, 0.15) is 30.9 Å². The molecule has 0 amide bonds. The van der Waals surface area contributed by atoms with Crippen LogP contribution in [-0.2, 0) is 6.42 Å². The quantitative estimate of drug-likeness (QED) is 0.821. The molecule has 124 valence electrons. The monoisotopic (exact) mass is 339 g/mol. The van der Waals surface area contributed by atoms with Gasteiger partial charge >= 0.3 is 0 Å². The van der Waals surface area contributed by atoms with Crippen molar-refractivity contribution in [3.8, 4) is 0 Å². The van der Waals surface area contributed by atoms with E-state index in [0.717, 1.165) is 35.9 Å². The molecule has 3 nitrogen and oxygen atoms in total. The van der Waals surface area contributed by atoms with Crippen LogP contribution < -0.4 is 10.7 Å². The van der Waals surface area contributed by atoms with Crippen molar-refractivity contribution in [2.75, 3.05) is 23.8 Å². The number of halogens is 1. The molecule has 0 atom stereocenters. The molecule has 2 heterocycles. The number of hydrogen-bond donors (Lipinski definition) is 2. The predicted molar refractivity (Wildman–Crippen MR) is 102 cm³/mol. The molecule has 2 aliphatic heterocycles. The van der Waals surface area contributed by atoms with Gasteiger partial charge in [-0.2, -0.15) is 0 Å². The van der Waals surface area contributed by atoms with Crippen LogP contribution in [0, 0.1) is 0 Å². The van der Waals surface area contributed by atoms with Gasteiger partial charge in [0.05, 0.1) is 6.54 Å². The van der Waals surface area contributed by atoms with Gasteiger partial charge in [-0.1, -0.05) is 43.6 Å². The molecule has 2 aromatic rings. The van der Waals surface area contributed by atoms with Crippen LogP contribution in [0.5, 0.6) is 0 Å². The van der Waals surface area contributed by atoms with Gasteiger partial charge in [-0.05, 0) is 53.3 Å². The van der Waals surface area contributed by atoms with Crippen LogP contribution in [0.25, 0.3) is 0 Å². The maximum atomic E-state index is 6.11. The van der Waals surface area contributed by atoms with Gasteiger partial charge in [-0.15, -0.1) is 0 Å². The van der Waals surface area contributed by atoms with Gasteiger partial charge in [0, 0.05) is 28.6 Å². The molecular weight excluding hydrogens is 318 g/mol. The zero-order valence-electron chi connectivity index (χ0n) is 14.1. The first-order valence-corrected chi connectivity index (χ1v) is 8.84. The first-order valence-electron chi connectivity index (χ1n) is 8.46. The second kappa shape index (κ2) is 6.15. The number of benzene rings is 2. The van der Waals surface area contributed by atoms with Gasteiger partial charge in [0.2, 0.25) is 0 Å². The minimum Gasteiger partial charge on any atom is -0.357 e. The Morgan fingerprint density at radius 3 is 2.62 bits per heavy atom. The summed E-state index contributed by atoms with van der Waals surface area (Å²) in [7, 11) is 0. The highest BCUT2D eigenvalue weighted by molar-refractivity contribution is 6.30. The molecule has 2 N–H and O–H groups in total. The molecule has 0 spiro atoms. The summed E-state index contributed by atoms with van der Waals surface area (Å²) in [4.78, 5) is 0. The van der Waals surface area contributed by atoms with Crippen molar-refractivity contribution in [2.24, 2.45) is 0 Å². The molecule has 2 aromatic carbocycles. The Morgan fingerprint density at radius 1 is 1.08 bits per heavy atom. The zero-order valence-corrected chi connectivity index (χ0v) is 14.8. The lowest BCUT2D eigenvalue weighted by Crippen LogP contribution is -2.28. The molecule has 2 aliphatic rings. The van der Waals surface area contributed by atoms with Crippen molar-refractivity contribution in [3.05, 3.63) is 69.9 Å². The highest BCUT2D eigenvalue weighted by Crippen LogP contribution is 2.33. The fourth-order valence-electron chi connectivity index (χ4n) is 3.39. The van der Waals surface area contributed by atoms with Crippen molar-refractivity contribution < 1.29 is 0 Å². The molecular formula is C20H22ClN3. The molecule has 0 saturated carbocycles. The lowest BCUT2D eigenvalue weighted by molar-refractivity contribution is 0.416. The number of anilines is 2. The largest absolute Gasteiger partial charge is 0.357 e. The van der Waals surface area contributed by atoms with Gasteiger partial charge in [-0.3, -0.25) is 0 Å². The third kappa shape index (κ3) is 3.02.